The molecule has 1 N–H and O–H groups in total. The number of aliphatic hydroxyl groups is 1. The van der Waals surface area contributed by atoms with Gasteiger partial charge in [-0.1, -0.05) is 31.4 Å². The average Bonchev–Trinajstić information content (AvgIpc) is 2.59. The van der Waals surface area contributed by atoms with E-state index in [9.17, 15) is 14.7 Å². The summed E-state index contributed by atoms with van der Waals surface area (Å²) in [6, 6.07) is 8.58. The Bertz CT molecular complexity index is 649. The Labute approximate surface area is 141 Å². The lowest BCUT2D eigenvalue weighted by atomic mass is 9.67. The van der Waals surface area contributed by atoms with Crippen molar-refractivity contribution < 1.29 is 14.7 Å². The molecule has 5 nitrogen and oxygen atoms in total. The number of rotatable bonds is 3. The van der Waals surface area contributed by atoms with Gasteiger partial charge in [-0.2, -0.15) is 5.26 Å². The Morgan fingerprint density at radius 2 is 1.67 bits per heavy atom. The number of carbonyl (C=O) groups is 2. The highest BCUT2D eigenvalue weighted by Gasteiger charge is 2.44. The third-order valence-electron chi connectivity index (χ3n) is 5.35. The minimum atomic E-state index is -0.925. The van der Waals surface area contributed by atoms with Gasteiger partial charge in [-0.25, -0.2) is 0 Å². The van der Waals surface area contributed by atoms with Gasteiger partial charge in [0.1, 0.15) is 0 Å². The van der Waals surface area contributed by atoms with Crippen LogP contribution in [0.25, 0.3) is 0 Å². The van der Waals surface area contributed by atoms with E-state index in [-0.39, 0.29) is 23.8 Å². The lowest BCUT2D eigenvalue weighted by Crippen LogP contribution is -2.49. The summed E-state index contributed by atoms with van der Waals surface area (Å²) in [7, 11) is 0. The van der Waals surface area contributed by atoms with Crippen LogP contribution in [0.5, 0.6) is 0 Å². The molecule has 0 aromatic heterocycles. The van der Waals surface area contributed by atoms with Crippen LogP contribution < -0.4 is 0 Å². The second kappa shape index (κ2) is 6.74. The van der Waals surface area contributed by atoms with Gasteiger partial charge in [0.2, 0.25) is 11.8 Å². The van der Waals surface area contributed by atoms with E-state index in [2.05, 4.69) is 0 Å². The predicted octanol–water partition coefficient (Wildman–Crippen LogP) is 2.69. The molecule has 24 heavy (non-hydrogen) atoms. The summed E-state index contributed by atoms with van der Waals surface area (Å²) in [5.41, 5.74) is 0.977. The smallest absolute Gasteiger partial charge is 0.229 e. The summed E-state index contributed by atoms with van der Waals surface area (Å²) in [4.78, 5) is 26.2. The summed E-state index contributed by atoms with van der Waals surface area (Å²) < 4.78 is 0. The van der Waals surface area contributed by atoms with E-state index in [0.717, 1.165) is 25.7 Å². The van der Waals surface area contributed by atoms with Crippen molar-refractivity contribution in [3.63, 3.8) is 0 Å². The molecule has 2 amide bonds. The number of nitriles is 1. The number of carbonyl (C=O) groups excluding carboxylic acids is 2. The summed E-state index contributed by atoms with van der Waals surface area (Å²) in [6.45, 7) is -0.0142. The fraction of sp³-hybridized carbons (Fsp3) is 0.526. The lowest BCUT2D eigenvalue weighted by molar-refractivity contribution is -0.156. The SMILES string of the molecule is N#Cc1ccc(C(O)CN2C(=O)CC3(CCCCC3)CC2=O)cc1. The van der Waals surface area contributed by atoms with E-state index in [1.807, 2.05) is 6.07 Å². The standard InChI is InChI=1S/C19H22N2O3/c20-12-14-4-6-15(7-5-14)16(22)13-21-17(23)10-19(11-18(21)24)8-2-1-3-9-19/h4-7,16,22H,1-3,8-11,13H2. The largest absolute Gasteiger partial charge is 0.387 e. The molecule has 1 aromatic rings. The Morgan fingerprint density at radius 1 is 1.08 bits per heavy atom. The Morgan fingerprint density at radius 3 is 2.21 bits per heavy atom. The van der Waals surface area contributed by atoms with Crippen molar-refractivity contribution >= 4 is 11.8 Å². The molecule has 5 heteroatoms. The third kappa shape index (κ3) is 3.34. The van der Waals surface area contributed by atoms with E-state index in [1.54, 1.807) is 24.3 Å². The average molecular weight is 326 g/mol. The number of benzene rings is 1. The van der Waals surface area contributed by atoms with Crippen LogP contribution in [0.15, 0.2) is 24.3 Å². The summed E-state index contributed by atoms with van der Waals surface area (Å²) in [5, 5.41) is 19.2. The van der Waals surface area contributed by atoms with Crippen LogP contribution in [0.1, 0.15) is 62.2 Å². The van der Waals surface area contributed by atoms with Gasteiger partial charge in [0, 0.05) is 12.8 Å². The first-order chi connectivity index (χ1) is 11.5. The van der Waals surface area contributed by atoms with Crippen molar-refractivity contribution in [2.75, 3.05) is 6.54 Å². The zero-order valence-corrected chi connectivity index (χ0v) is 13.7. The van der Waals surface area contributed by atoms with Crippen LogP contribution in [0.3, 0.4) is 0 Å². The Hall–Kier alpha value is -2.19. The fourth-order valence-corrected chi connectivity index (χ4v) is 3.95. The number of likely N-dealkylation sites (tertiary alicyclic amines) is 1. The first-order valence-corrected chi connectivity index (χ1v) is 8.54. The van der Waals surface area contributed by atoms with Gasteiger partial charge in [0.15, 0.2) is 0 Å². The minimum Gasteiger partial charge on any atom is -0.387 e. The Balaban J connectivity index is 1.67. The zero-order valence-electron chi connectivity index (χ0n) is 13.7. The number of nitrogens with zero attached hydrogens (tertiary/aromatic N) is 2. The van der Waals surface area contributed by atoms with Gasteiger partial charge < -0.3 is 5.11 Å². The highest BCUT2D eigenvalue weighted by atomic mass is 16.3. The molecule has 1 aromatic carbocycles. The molecule has 2 aliphatic rings. The number of aliphatic hydroxyl groups excluding tert-OH is 1. The molecule has 0 radical (unpaired) electrons. The van der Waals surface area contributed by atoms with Crippen molar-refractivity contribution in [3.8, 4) is 6.07 Å². The van der Waals surface area contributed by atoms with E-state index < -0.39 is 6.10 Å². The van der Waals surface area contributed by atoms with Crippen LogP contribution in [-0.2, 0) is 9.59 Å². The van der Waals surface area contributed by atoms with Gasteiger partial charge in [-0.15, -0.1) is 0 Å². The number of β-amino-alcohol motifs (C(OH)–C–C–N with tert-alkyl or cyclic N) is 1. The molecule has 1 saturated carbocycles. The lowest BCUT2D eigenvalue weighted by Gasteiger charge is -2.42. The fourth-order valence-electron chi connectivity index (χ4n) is 3.95. The molecule has 1 atom stereocenters. The van der Waals surface area contributed by atoms with Crippen molar-refractivity contribution in [2.24, 2.45) is 5.41 Å². The van der Waals surface area contributed by atoms with E-state index >= 15 is 0 Å². The van der Waals surface area contributed by atoms with Crippen LogP contribution >= 0.6 is 0 Å². The zero-order chi connectivity index (χ0) is 17.2. The summed E-state index contributed by atoms with van der Waals surface area (Å²) in [5.74, 6) is -0.332. The molecule has 126 valence electrons. The highest BCUT2D eigenvalue weighted by molar-refractivity contribution is 5.98. The highest BCUT2D eigenvalue weighted by Crippen LogP contribution is 2.45. The number of piperidine rings is 1. The Kier molecular flexibility index (Phi) is 4.68. The van der Waals surface area contributed by atoms with Gasteiger partial charge in [0.05, 0.1) is 24.3 Å². The third-order valence-corrected chi connectivity index (χ3v) is 5.35. The molecule has 1 heterocycles. The van der Waals surface area contributed by atoms with Crippen molar-refractivity contribution in [1.29, 1.82) is 5.26 Å². The first-order valence-electron chi connectivity index (χ1n) is 8.54. The number of hydrogen-bond acceptors (Lipinski definition) is 4. The summed E-state index contributed by atoms with van der Waals surface area (Å²) >= 11 is 0. The normalized spacial score (nSPS) is 21.6. The number of hydrogen-bond donors (Lipinski definition) is 1. The molecule has 1 spiro atoms. The first kappa shape index (κ1) is 16.7. The molecular formula is C19H22N2O3. The van der Waals surface area contributed by atoms with Gasteiger partial charge in [-0.3, -0.25) is 14.5 Å². The molecule has 2 fully saturated rings. The topological polar surface area (TPSA) is 81.4 Å². The molecule has 1 unspecified atom stereocenters. The van der Waals surface area contributed by atoms with Crippen LogP contribution in [0, 0.1) is 16.7 Å². The second-order valence-electron chi connectivity index (χ2n) is 7.06. The molecule has 3 rings (SSSR count). The maximum atomic E-state index is 12.5. The molecular weight excluding hydrogens is 304 g/mol. The van der Waals surface area contributed by atoms with Crippen LogP contribution in [-0.4, -0.2) is 28.4 Å². The van der Waals surface area contributed by atoms with Crippen molar-refractivity contribution in [3.05, 3.63) is 35.4 Å². The van der Waals surface area contributed by atoms with Crippen LogP contribution in [0.2, 0.25) is 0 Å². The van der Waals surface area contributed by atoms with E-state index in [4.69, 9.17) is 5.26 Å². The molecule has 1 saturated heterocycles. The minimum absolute atomic E-state index is 0.0142. The van der Waals surface area contributed by atoms with Crippen molar-refractivity contribution in [1.82, 2.24) is 4.90 Å². The summed E-state index contributed by atoms with van der Waals surface area (Å²) in [6.07, 6.45) is 5.18. The van der Waals surface area contributed by atoms with Gasteiger partial charge in [0.25, 0.3) is 0 Å². The number of amides is 2. The second-order valence-corrected chi connectivity index (χ2v) is 7.06. The predicted molar refractivity (Wildman–Crippen MR) is 87.6 cm³/mol. The quantitative estimate of drug-likeness (QED) is 0.866. The maximum Gasteiger partial charge on any atom is 0.229 e. The van der Waals surface area contributed by atoms with Crippen LogP contribution in [0.4, 0.5) is 0 Å². The maximum absolute atomic E-state index is 12.5. The number of imide groups is 1. The van der Waals surface area contributed by atoms with E-state index in [0.29, 0.717) is 24.0 Å². The van der Waals surface area contributed by atoms with E-state index in [1.165, 1.54) is 11.3 Å². The monoisotopic (exact) mass is 326 g/mol. The van der Waals surface area contributed by atoms with Gasteiger partial charge >= 0.3 is 0 Å². The molecule has 1 aliphatic heterocycles. The molecule has 0 bridgehead atoms. The molecule has 1 aliphatic carbocycles. The van der Waals surface area contributed by atoms with Gasteiger partial charge in [-0.05, 0) is 36.0 Å². The van der Waals surface area contributed by atoms with Crippen molar-refractivity contribution in [2.45, 2.75) is 51.0 Å².